The smallest absolute Gasteiger partial charge is 0.0231 e. The Bertz CT molecular complexity index is 467. The summed E-state index contributed by atoms with van der Waals surface area (Å²) in [5.41, 5.74) is 1.39. The van der Waals surface area contributed by atoms with Crippen LogP contribution in [0.3, 0.4) is 0 Å². The van der Waals surface area contributed by atoms with Crippen molar-refractivity contribution in [1.29, 1.82) is 0 Å². The highest BCUT2D eigenvalue weighted by Gasteiger charge is 2.00. The molecule has 16 heavy (non-hydrogen) atoms. The first-order valence-corrected chi connectivity index (χ1v) is 7.04. The van der Waals surface area contributed by atoms with Crippen LogP contribution in [0.25, 0.3) is 10.8 Å². The van der Waals surface area contributed by atoms with Crippen LogP contribution in [0.1, 0.15) is 5.56 Å². The van der Waals surface area contributed by atoms with E-state index >= 15 is 0 Å². The van der Waals surface area contributed by atoms with Crippen molar-refractivity contribution in [1.82, 2.24) is 4.90 Å². The zero-order chi connectivity index (χ0) is 11.4. The van der Waals surface area contributed by atoms with Gasteiger partial charge in [0.05, 0.1) is 0 Å². The van der Waals surface area contributed by atoms with Gasteiger partial charge in [0.1, 0.15) is 0 Å². The number of halogens is 1. The summed E-state index contributed by atoms with van der Waals surface area (Å²) in [5.74, 6) is 0. The summed E-state index contributed by atoms with van der Waals surface area (Å²) in [6, 6.07) is 15.3. The predicted octanol–water partition coefficient (Wildman–Crippen LogP) is 3.71. The molecule has 1 nitrogen and oxygen atoms in total. The summed E-state index contributed by atoms with van der Waals surface area (Å²) >= 11 is 2.42. The zero-order valence-electron chi connectivity index (χ0n) is 9.49. The van der Waals surface area contributed by atoms with Gasteiger partial charge in [0.2, 0.25) is 0 Å². The fourth-order valence-corrected chi connectivity index (χ4v) is 2.70. The summed E-state index contributed by atoms with van der Waals surface area (Å²) in [4.78, 5) is 2.36. The van der Waals surface area contributed by atoms with E-state index in [-0.39, 0.29) is 0 Å². The van der Waals surface area contributed by atoms with Gasteiger partial charge in [-0.3, -0.25) is 0 Å². The van der Waals surface area contributed by atoms with E-state index in [0.29, 0.717) is 0 Å². The van der Waals surface area contributed by atoms with E-state index in [1.165, 1.54) is 20.8 Å². The monoisotopic (exact) mass is 325 g/mol. The number of benzene rings is 2. The van der Waals surface area contributed by atoms with Gasteiger partial charge in [-0.05, 0) is 29.4 Å². The SMILES string of the molecule is CN(CCI)Cc1ccc2ccccc2c1. The molecule has 2 heteroatoms. The largest absolute Gasteiger partial charge is 0.301 e. The van der Waals surface area contributed by atoms with E-state index in [4.69, 9.17) is 0 Å². The van der Waals surface area contributed by atoms with Crippen LogP contribution >= 0.6 is 22.6 Å². The van der Waals surface area contributed by atoms with Crippen LogP contribution < -0.4 is 0 Å². The Hall–Kier alpha value is -0.610. The molecule has 0 spiro atoms. The van der Waals surface area contributed by atoms with Crippen molar-refractivity contribution in [2.75, 3.05) is 18.0 Å². The Kier molecular flexibility index (Phi) is 4.18. The molecule has 0 amide bonds. The van der Waals surface area contributed by atoms with Gasteiger partial charge in [-0.15, -0.1) is 0 Å². The van der Waals surface area contributed by atoms with E-state index in [9.17, 15) is 0 Å². The summed E-state index contributed by atoms with van der Waals surface area (Å²) < 4.78 is 1.18. The van der Waals surface area contributed by atoms with Crippen LogP contribution in [0, 0.1) is 0 Å². The van der Waals surface area contributed by atoms with Crippen LogP contribution in [0.2, 0.25) is 0 Å². The van der Waals surface area contributed by atoms with E-state index in [1.807, 2.05) is 0 Å². The maximum Gasteiger partial charge on any atom is 0.0231 e. The van der Waals surface area contributed by atoms with Crippen LogP contribution in [0.15, 0.2) is 42.5 Å². The maximum atomic E-state index is 2.42. The first-order chi connectivity index (χ1) is 7.79. The first-order valence-electron chi connectivity index (χ1n) is 5.52. The van der Waals surface area contributed by atoms with Gasteiger partial charge in [0.15, 0.2) is 0 Å². The summed E-state index contributed by atoms with van der Waals surface area (Å²) in [7, 11) is 2.17. The minimum absolute atomic E-state index is 1.04. The Morgan fingerprint density at radius 3 is 2.56 bits per heavy atom. The lowest BCUT2D eigenvalue weighted by Gasteiger charge is -2.15. The number of rotatable bonds is 4. The van der Waals surface area contributed by atoms with Gasteiger partial charge in [-0.1, -0.05) is 59.0 Å². The molecule has 84 valence electrons. The number of hydrogen-bond donors (Lipinski definition) is 0. The molecule has 0 atom stereocenters. The van der Waals surface area contributed by atoms with Crippen molar-refractivity contribution in [3.8, 4) is 0 Å². The molecule has 2 aromatic carbocycles. The molecule has 2 rings (SSSR count). The number of nitrogens with zero attached hydrogens (tertiary/aromatic N) is 1. The summed E-state index contributed by atoms with van der Waals surface area (Å²) in [6.45, 7) is 2.18. The van der Waals surface area contributed by atoms with Gasteiger partial charge < -0.3 is 4.90 Å². The molecule has 0 saturated carbocycles. The lowest BCUT2D eigenvalue weighted by molar-refractivity contribution is 0.351. The number of fused-ring (bicyclic) bond motifs is 1. The lowest BCUT2D eigenvalue weighted by Crippen LogP contribution is -2.19. The second-order valence-corrected chi connectivity index (χ2v) is 5.19. The molecule has 0 saturated heterocycles. The predicted molar refractivity (Wildman–Crippen MR) is 79.2 cm³/mol. The van der Waals surface area contributed by atoms with E-state index in [1.54, 1.807) is 0 Å². The molecule has 2 aromatic rings. The topological polar surface area (TPSA) is 3.24 Å². The molecule has 0 bridgehead atoms. The number of hydrogen-bond acceptors (Lipinski definition) is 1. The molecule has 0 heterocycles. The van der Waals surface area contributed by atoms with Crippen molar-refractivity contribution in [3.63, 3.8) is 0 Å². The minimum atomic E-state index is 1.04. The van der Waals surface area contributed by atoms with Crippen molar-refractivity contribution < 1.29 is 0 Å². The Labute approximate surface area is 111 Å². The van der Waals surface area contributed by atoms with E-state index < -0.39 is 0 Å². The zero-order valence-corrected chi connectivity index (χ0v) is 11.6. The highest BCUT2D eigenvalue weighted by molar-refractivity contribution is 14.1. The van der Waals surface area contributed by atoms with Crippen molar-refractivity contribution in [2.45, 2.75) is 6.54 Å². The molecule has 0 aliphatic heterocycles. The normalized spacial score (nSPS) is 11.2. The van der Waals surface area contributed by atoms with Gasteiger partial charge >= 0.3 is 0 Å². The van der Waals surface area contributed by atoms with Crippen molar-refractivity contribution >= 4 is 33.4 Å². The second kappa shape index (κ2) is 5.64. The van der Waals surface area contributed by atoms with Gasteiger partial charge in [0, 0.05) is 17.5 Å². The highest BCUT2D eigenvalue weighted by Crippen LogP contribution is 2.16. The van der Waals surface area contributed by atoms with Gasteiger partial charge in [-0.25, -0.2) is 0 Å². The standard InChI is InChI=1S/C14H16IN/c1-16(9-8-15)11-12-6-7-13-4-2-3-5-14(13)10-12/h2-7,10H,8-9,11H2,1H3. The maximum absolute atomic E-state index is 2.42. The third-order valence-electron chi connectivity index (χ3n) is 2.73. The molecule has 0 aliphatic rings. The van der Waals surface area contributed by atoms with Gasteiger partial charge in [-0.2, -0.15) is 0 Å². The van der Waals surface area contributed by atoms with Crippen molar-refractivity contribution in [2.24, 2.45) is 0 Å². The summed E-state index contributed by atoms with van der Waals surface area (Å²) in [6.07, 6.45) is 0. The second-order valence-electron chi connectivity index (χ2n) is 4.11. The van der Waals surface area contributed by atoms with E-state index in [2.05, 4.69) is 77.0 Å². The van der Waals surface area contributed by atoms with Gasteiger partial charge in [0.25, 0.3) is 0 Å². The summed E-state index contributed by atoms with van der Waals surface area (Å²) in [5, 5.41) is 2.66. The molecule has 0 aliphatic carbocycles. The molecule has 0 N–H and O–H groups in total. The Balaban J connectivity index is 2.19. The van der Waals surface area contributed by atoms with Crippen LogP contribution in [-0.2, 0) is 6.54 Å². The Morgan fingerprint density at radius 2 is 1.81 bits per heavy atom. The Morgan fingerprint density at radius 1 is 1.06 bits per heavy atom. The van der Waals surface area contributed by atoms with E-state index in [0.717, 1.165) is 13.1 Å². The van der Waals surface area contributed by atoms with Crippen LogP contribution in [0.5, 0.6) is 0 Å². The average Bonchev–Trinajstić information content (AvgIpc) is 2.29. The molecular formula is C14H16IN. The molecule has 0 unspecified atom stereocenters. The lowest BCUT2D eigenvalue weighted by atomic mass is 10.1. The average molecular weight is 325 g/mol. The van der Waals surface area contributed by atoms with Crippen LogP contribution in [-0.4, -0.2) is 22.9 Å². The molecule has 0 aromatic heterocycles. The quantitative estimate of drug-likeness (QED) is 0.612. The first kappa shape index (κ1) is 11.9. The fourth-order valence-electron chi connectivity index (χ4n) is 1.87. The highest BCUT2D eigenvalue weighted by atomic mass is 127. The third-order valence-corrected chi connectivity index (χ3v) is 3.22. The minimum Gasteiger partial charge on any atom is -0.301 e. The third kappa shape index (κ3) is 2.95. The molecule has 0 radical (unpaired) electrons. The number of alkyl halides is 1. The molecule has 0 fully saturated rings. The fraction of sp³-hybridized carbons (Fsp3) is 0.286. The van der Waals surface area contributed by atoms with Crippen LogP contribution in [0.4, 0.5) is 0 Å². The van der Waals surface area contributed by atoms with Crippen molar-refractivity contribution in [3.05, 3.63) is 48.0 Å². The molecular weight excluding hydrogens is 309 g/mol.